The van der Waals surface area contributed by atoms with Crippen LogP contribution in [0.5, 0.6) is 5.75 Å². The summed E-state index contributed by atoms with van der Waals surface area (Å²) in [5.74, 6) is 0.793. The molecule has 2 N–H and O–H groups in total. The Bertz CT molecular complexity index is 671. The summed E-state index contributed by atoms with van der Waals surface area (Å²) in [5, 5.41) is 3.38. The van der Waals surface area contributed by atoms with Crippen LogP contribution < -0.4 is 14.8 Å². The Labute approximate surface area is 133 Å². The third-order valence-electron chi connectivity index (χ3n) is 3.61. The van der Waals surface area contributed by atoms with Gasteiger partial charge in [0.1, 0.15) is 16.7 Å². The summed E-state index contributed by atoms with van der Waals surface area (Å²) < 4.78 is 20.8. The summed E-state index contributed by atoms with van der Waals surface area (Å²) in [5.41, 5.74) is 3.32. The molecule has 5 heteroatoms. The van der Waals surface area contributed by atoms with Crippen molar-refractivity contribution in [3.63, 3.8) is 0 Å². The van der Waals surface area contributed by atoms with Crippen molar-refractivity contribution in [2.24, 2.45) is 0 Å². The van der Waals surface area contributed by atoms with Crippen molar-refractivity contribution >= 4 is 22.4 Å². The van der Waals surface area contributed by atoms with Crippen molar-refractivity contribution in [1.29, 1.82) is 0 Å². The molecule has 0 saturated heterocycles. The summed E-state index contributed by atoms with van der Waals surface area (Å²) in [7, 11) is -1.28. The highest BCUT2D eigenvalue weighted by Crippen LogP contribution is 2.26. The van der Waals surface area contributed by atoms with E-state index in [0.29, 0.717) is 6.61 Å². The molecule has 1 unspecified atom stereocenters. The van der Waals surface area contributed by atoms with Gasteiger partial charge in [0.2, 0.25) is 0 Å². The number of ether oxygens (including phenoxy) is 1. The Morgan fingerprint density at radius 2 is 2.05 bits per heavy atom. The van der Waals surface area contributed by atoms with E-state index in [4.69, 9.17) is 4.74 Å². The SMILES string of the molecule is CCOc1ccc(S(=O)Nc2ccc3c(c2)NCCC3)cc1. The molecule has 22 heavy (non-hydrogen) atoms. The van der Waals surface area contributed by atoms with Gasteiger partial charge in [-0.25, -0.2) is 4.21 Å². The molecule has 1 heterocycles. The zero-order chi connectivity index (χ0) is 15.4. The minimum Gasteiger partial charge on any atom is -0.494 e. The van der Waals surface area contributed by atoms with E-state index in [0.717, 1.165) is 41.4 Å². The van der Waals surface area contributed by atoms with Crippen LogP contribution >= 0.6 is 0 Å². The quantitative estimate of drug-likeness (QED) is 0.886. The van der Waals surface area contributed by atoms with Crippen LogP contribution in [0.1, 0.15) is 18.9 Å². The average Bonchev–Trinajstić information content (AvgIpc) is 2.56. The summed E-state index contributed by atoms with van der Waals surface area (Å²) in [4.78, 5) is 0.731. The van der Waals surface area contributed by atoms with Gasteiger partial charge in [-0.2, -0.15) is 0 Å². The Morgan fingerprint density at radius 3 is 2.82 bits per heavy atom. The lowest BCUT2D eigenvalue weighted by molar-refractivity contribution is 0.340. The lowest BCUT2D eigenvalue weighted by Gasteiger charge is -2.19. The monoisotopic (exact) mass is 316 g/mol. The maximum absolute atomic E-state index is 12.4. The first-order valence-electron chi connectivity index (χ1n) is 7.54. The van der Waals surface area contributed by atoms with E-state index >= 15 is 0 Å². The summed E-state index contributed by atoms with van der Waals surface area (Å²) in [6.45, 7) is 3.57. The molecule has 0 saturated carbocycles. The van der Waals surface area contributed by atoms with Gasteiger partial charge >= 0.3 is 0 Å². The number of hydrogen-bond donors (Lipinski definition) is 2. The van der Waals surface area contributed by atoms with Crippen molar-refractivity contribution in [3.05, 3.63) is 48.0 Å². The molecule has 2 aromatic carbocycles. The van der Waals surface area contributed by atoms with E-state index in [9.17, 15) is 4.21 Å². The van der Waals surface area contributed by atoms with Crippen LogP contribution in [-0.2, 0) is 17.4 Å². The molecule has 1 aliphatic rings. The van der Waals surface area contributed by atoms with E-state index in [1.807, 2.05) is 43.3 Å². The Morgan fingerprint density at radius 1 is 1.23 bits per heavy atom. The second kappa shape index (κ2) is 6.83. The van der Waals surface area contributed by atoms with Crippen LogP contribution in [-0.4, -0.2) is 17.4 Å². The standard InChI is InChI=1S/C17H20N2O2S/c1-2-21-15-7-9-16(10-8-15)22(20)19-14-6-5-13-4-3-11-18-17(13)12-14/h5-10,12,18-19H,2-4,11H2,1H3. The number of benzene rings is 2. The highest BCUT2D eigenvalue weighted by atomic mass is 32.2. The Kier molecular flexibility index (Phi) is 4.63. The molecule has 0 spiro atoms. The van der Waals surface area contributed by atoms with Gasteiger partial charge in [0, 0.05) is 17.9 Å². The largest absolute Gasteiger partial charge is 0.494 e. The first-order chi connectivity index (χ1) is 10.8. The normalized spacial score (nSPS) is 14.6. The second-order valence-electron chi connectivity index (χ2n) is 5.18. The summed E-state index contributed by atoms with van der Waals surface area (Å²) in [6.07, 6.45) is 2.27. The van der Waals surface area contributed by atoms with Crippen LogP contribution in [0.15, 0.2) is 47.4 Å². The smallest absolute Gasteiger partial charge is 0.150 e. The Hall–Kier alpha value is -2.01. The van der Waals surface area contributed by atoms with Crippen molar-refractivity contribution in [2.45, 2.75) is 24.7 Å². The molecule has 2 aromatic rings. The number of anilines is 2. The van der Waals surface area contributed by atoms with E-state index in [-0.39, 0.29) is 0 Å². The molecule has 0 aromatic heterocycles. The molecule has 116 valence electrons. The third kappa shape index (κ3) is 3.42. The molecule has 1 atom stereocenters. The number of hydrogen-bond acceptors (Lipinski definition) is 3. The average molecular weight is 316 g/mol. The predicted octanol–water partition coefficient (Wildman–Crippen LogP) is 3.58. The van der Waals surface area contributed by atoms with E-state index in [1.54, 1.807) is 0 Å². The molecule has 3 rings (SSSR count). The maximum atomic E-state index is 12.4. The van der Waals surface area contributed by atoms with Gasteiger partial charge in [-0.1, -0.05) is 6.07 Å². The first-order valence-corrected chi connectivity index (χ1v) is 8.69. The lowest BCUT2D eigenvalue weighted by Crippen LogP contribution is -2.12. The molecule has 0 aliphatic carbocycles. The van der Waals surface area contributed by atoms with Gasteiger partial charge in [0.15, 0.2) is 0 Å². The van der Waals surface area contributed by atoms with Crippen LogP contribution in [0.2, 0.25) is 0 Å². The molecule has 0 fully saturated rings. The molecular weight excluding hydrogens is 296 g/mol. The van der Waals surface area contributed by atoms with Gasteiger partial charge in [-0.05, 0) is 61.7 Å². The molecule has 0 amide bonds. The van der Waals surface area contributed by atoms with Crippen molar-refractivity contribution in [3.8, 4) is 5.75 Å². The molecule has 0 bridgehead atoms. The zero-order valence-electron chi connectivity index (χ0n) is 12.6. The maximum Gasteiger partial charge on any atom is 0.150 e. The van der Waals surface area contributed by atoms with Crippen LogP contribution in [0.25, 0.3) is 0 Å². The minimum absolute atomic E-state index is 0.628. The van der Waals surface area contributed by atoms with Gasteiger partial charge in [0.25, 0.3) is 0 Å². The molecule has 0 radical (unpaired) electrons. The lowest BCUT2D eigenvalue weighted by atomic mass is 10.0. The fourth-order valence-electron chi connectivity index (χ4n) is 2.52. The highest BCUT2D eigenvalue weighted by Gasteiger charge is 2.10. The van der Waals surface area contributed by atoms with Crippen molar-refractivity contribution in [2.75, 3.05) is 23.2 Å². The molecule has 1 aliphatic heterocycles. The van der Waals surface area contributed by atoms with Crippen LogP contribution in [0.3, 0.4) is 0 Å². The summed E-state index contributed by atoms with van der Waals surface area (Å²) >= 11 is 0. The van der Waals surface area contributed by atoms with Crippen molar-refractivity contribution < 1.29 is 8.95 Å². The fraction of sp³-hybridized carbons (Fsp3) is 0.294. The van der Waals surface area contributed by atoms with Gasteiger partial charge < -0.3 is 14.8 Å². The van der Waals surface area contributed by atoms with E-state index < -0.39 is 11.0 Å². The van der Waals surface area contributed by atoms with Crippen LogP contribution in [0, 0.1) is 0 Å². The zero-order valence-corrected chi connectivity index (χ0v) is 13.4. The van der Waals surface area contributed by atoms with Gasteiger partial charge in [-0.3, -0.25) is 0 Å². The second-order valence-corrected chi connectivity index (χ2v) is 6.39. The van der Waals surface area contributed by atoms with E-state index in [2.05, 4.69) is 16.1 Å². The number of fused-ring (bicyclic) bond motifs is 1. The highest BCUT2D eigenvalue weighted by molar-refractivity contribution is 7.86. The molecule has 4 nitrogen and oxygen atoms in total. The predicted molar refractivity (Wildman–Crippen MR) is 90.9 cm³/mol. The Balaban J connectivity index is 1.71. The van der Waals surface area contributed by atoms with Gasteiger partial charge in [-0.15, -0.1) is 0 Å². The van der Waals surface area contributed by atoms with Gasteiger partial charge in [0.05, 0.1) is 11.5 Å². The minimum atomic E-state index is -1.28. The fourth-order valence-corrected chi connectivity index (χ4v) is 3.36. The van der Waals surface area contributed by atoms with Crippen molar-refractivity contribution in [1.82, 2.24) is 0 Å². The number of rotatable bonds is 5. The number of aryl methyl sites for hydroxylation is 1. The van der Waals surface area contributed by atoms with E-state index in [1.165, 1.54) is 5.56 Å². The first kappa shape index (κ1) is 14.9. The molecular formula is C17H20N2O2S. The van der Waals surface area contributed by atoms with Crippen LogP contribution in [0.4, 0.5) is 11.4 Å². The number of nitrogens with one attached hydrogen (secondary N) is 2. The third-order valence-corrected chi connectivity index (χ3v) is 4.73. The summed E-state index contributed by atoms with van der Waals surface area (Å²) in [6, 6.07) is 13.4. The topological polar surface area (TPSA) is 50.4 Å².